The van der Waals surface area contributed by atoms with E-state index in [9.17, 15) is 0 Å². The van der Waals surface area contributed by atoms with Crippen LogP contribution in [-0.2, 0) is 6.54 Å². The Balaban J connectivity index is 2.01. The van der Waals surface area contributed by atoms with Gasteiger partial charge in [0.2, 0.25) is 0 Å². The van der Waals surface area contributed by atoms with Crippen molar-refractivity contribution >= 4 is 0 Å². The highest BCUT2D eigenvalue weighted by molar-refractivity contribution is 5.30. The number of rotatable bonds is 3. The summed E-state index contributed by atoms with van der Waals surface area (Å²) < 4.78 is 0. The van der Waals surface area contributed by atoms with Crippen molar-refractivity contribution in [2.24, 2.45) is 5.41 Å². The summed E-state index contributed by atoms with van der Waals surface area (Å²) in [6.07, 6.45) is 5.47. The largest absolute Gasteiger partial charge is 0.309 e. The standard InChI is InChI=1S/C14H19N3/c1-14(2)7-3-6-13(14)17-10-11-5-4-8-16-12(11)9-15/h4-5,8,13,17H,3,6-7,10H2,1-2H3. The predicted octanol–water partition coefficient (Wildman–Crippen LogP) is 2.62. The lowest BCUT2D eigenvalue weighted by Crippen LogP contribution is -2.37. The van der Waals surface area contributed by atoms with Crippen molar-refractivity contribution in [1.82, 2.24) is 10.3 Å². The molecule has 3 heteroatoms. The van der Waals surface area contributed by atoms with Gasteiger partial charge in [-0.2, -0.15) is 5.26 Å². The van der Waals surface area contributed by atoms with Gasteiger partial charge in [0, 0.05) is 24.3 Å². The minimum atomic E-state index is 0.370. The highest BCUT2D eigenvalue weighted by Gasteiger charge is 2.33. The summed E-state index contributed by atoms with van der Waals surface area (Å²) in [6, 6.07) is 6.55. The molecule has 1 saturated carbocycles. The van der Waals surface area contributed by atoms with Crippen LogP contribution in [0.25, 0.3) is 0 Å². The molecule has 1 N–H and O–H groups in total. The first kappa shape index (κ1) is 12.1. The second-order valence-corrected chi connectivity index (χ2v) is 5.44. The van der Waals surface area contributed by atoms with Crippen molar-refractivity contribution in [2.45, 2.75) is 45.7 Å². The van der Waals surface area contributed by atoms with Crippen LogP contribution in [-0.4, -0.2) is 11.0 Å². The van der Waals surface area contributed by atoms with Gasteiger partial charge in [0.15, 0.2) is 0 Å². The number of pyridine rings is 1. The van der Waals surface area contributed by atoms with E-state index < -0.39 is 0 Å². The molecule has 90 valence electrons. The Morgan fingerprint density at radius 2 is 2.41 bits per heavy atom. The Kier molecular flexibility index (Phi) is 3.44. The molecule has 1 aromatic rings. The monoisotopic (exact) mass is 229 g/mol. The maximum atomic E-state index is 8.97. The van der Waals surface area contributed by atoms with Gasteiger partial charge in [0.1, 0.15) is 11.8 Å². The van der Waals surface area contributed by atoms with E-state index in [1.165, 1.54) is 19.3 Å². The molecule has 1 aliphatic rings. The van der Waals surface area contributed by atoms with Crippen LogP contribution in [0.1, 0.15) is 44.4 Å². The van der Waals surface area contributed by atoms with Crippen LogP contribution in [0.2, 0.25) is 0 Å². The quantitative estimate of drug-likeness (QED) is 0.866. The van der Waals surface area contributed by atoms with E-state index in [0.29, 0.717) is 17.2 Å². The van der Waals surface area contributed by atoms with Gasteiger partial charge in [-0.3, -0.25) is 0 Å². The fraction of sp³-hybridized carbons (Fsp3) is 0.571. The lowest BCUT2D eigenvalue weighted by atomic mass is 9.87. The normalized spacial score (nSPS) is 22.3. The van der Waals surface area contributed by atoms with Gasteiger partial charge in [0.25, 0.3) is 0 Å². The van der Waals surface area contributed by atoms with Crippen molar-refractivity contribution < 1.29 is 0 Å². The summed E-state index contributed by atoms with van der Waals surface area (Å²) in [5.41, 5.74) is 1.91. The number of aromatic nitrogens is 1. The fourth-order valence-electron chi connectivity index (χ4n) is 2.62. The molecule has 1 atom stereocenters. The van der Waals surface area contributed by atoms with Crippen LogP contribution in [0, 0.1) is 16.7 Å². The summed E-state index contributed by atoms with van der Waals surface area (Å²) in [5, 5.41) is 12.5. The zero-order valence-electron chi connectivity index (χ0n) is 10.5. The number of hydrogen-bond acceptors (Lipinski definition) is 3. The molecule has 0 aliphatic heterocycles. The van der Waals surface area contributed by atoms with E-state index in [-0.39, 0.29) is 0 Å². The van der Waals surface area contributed by atoms with E-state index >= 15 is 0 Å². The van der Waals surface area contributed by atoms with Gasteiger partial charge in [-0.1, -0.05) is 26.3 Å². The summed E-state index contributed by atoms with van der Waals surface area (Å²) in [5.74, 6) is 0. The van der Waals surface area contributed by atoms with Crippen molar-refractivity contribution in [3.63, 3.8) is 0 Å². The van der Waals surface area contributed by atoms with Gasteiger partial charge in [-0.25, -0.2) is 4.98 Å². The molecular weight excluding hydrogens is 210 g/mol. The number of nitriles is 1. The Morgan fingerprint density at radius 3 is 3.06 bits per heavy atom. The van der Waals surface area contributed by atoms with Crippen molar-refractivity contribution in [2.75, 3.05) is 0 Å². The van der Waals surface area contributed by atoms with Crippen LogP contribution in [0.15, 0.2) is 18.3 Å². The molecular formula is C14H19N3. The molecule has 17 heavy (non-hydrogen) atoms. The molecule has 1 fully saturated rings. The van der Waals surface area contributed by atoms with Crippen LogP contribution < -0.4 is 5.32 Å². The van der Waals surface area contributed by atoms with Gasteiger partial charge < -0.3 is 5.32 Å². The van der Waals surface area contributed by atoms with Gasteiger partial charge >= 0.3 is 0 Å². The minimum absolute atomic E-state index is 0.370. The third kappa shape index (κ3) is 2.65. The molecule has 0 saturated heterocycles. The summed E-state index contributed by atoms with van der Waals surface area (Å²) in [6.45, 7) is 5.36. The lowest BCUT2D eigenvalue weighted by Gasteiger charge is -2.28. The van der Waals surface area contributed by atoms with Crippen molar-refractivity contribution in [3.8, 4) is 6.07 Å². The molecule has 1 heterocycles. The number of nitrogens with one attached hydrogen (secondary N) is 1. The van der Waals surface area contributed by atoms with Crippen LogP contribution in [0.4, 0.5) is 0 Å². The Bertz CT molecular complexity index is 431. The molecule has 0 aromatic carbocycles. The Hall–Kier alpha value is -1.40. The van der Waals surface area contributed by atoms with Gasteiger partial charge in [-0.05, 0) is 24.3 Å². The third-order valence-electron chi connectivity index (χ3n) is 3.79. The molecule has 0 radical (unpaired) electrons. The summed E-state index contributed by atoms with van der Waals surface area (Å²) in [4.78, 5) is 4.08. The Labute approximate surface area is 103 Å². The average Bonchev–Trinajstić information content (AvgIpc) is 2.66. The zero-order valence-corrected chi connectivity index (χ0v) is 10.5. The molecule has 1 unspecified atom stereocenters. The number of nitrogens with zero attached hydrogens (tertiary/aromatic N) is 2. The second-order valence-electron chi connectivity index (χ2n) is 5.44. The van der Waals surface area contributed by atoms with E-state index in [1.807, 2.05) is 12.1 Å². The van der Waals surface area contributed by atoms with Gasteiger partial charge in [0.05, 0.1) is 0 Å². The predicted molar refractivity (Wildman–Crippen MR) is 67.2 cm³/mol. The number of hydrogen-bond donors (Lipinski definition) is 1. The van der Waals surface area contributed by atoms with Crippen LogP contribution >= 0.6 is 0 Å². The van der Waals surface area contributed by atoms with Crippen molar-refractivity contribution in [3.05, 3.63) is 29.6 Å². The molecule has 0 spiro atoms. The zero-order chi connectivity index (χ0) is 12.3. The molecule has 1 aromatic heterocycles. The smallest absolute Gasteiger partial charge is 0.144 e. The fourth-order valence-corrected chi connectivity index (χ4v) is 2.62. The Morgan fingerprint density at radius 1 is 1.59 bits per heavy atom. The molecule has 3 nitrogen and oxygen atoms in total. The molecule has 0 bridgehead atoms. The maximum Gasteiger partial charge on any atom is 0.144 e. The van der Waals surface area contributed by atoms with E-state index in [4.69, 9.17) is 5.26 Å². The molecule has 0 amide bonds. The lowest BCUT2D eigenvalue weighted by molar-refractivity contribution is 0.282. The SMILES string of the molecule is CC1(C)CCCC1NCc1cccnc1C#N. The summed E-state index contributed by atoms with van der Waals surface area (Å²) >= 11 is 0. The average molecular weight is 229 g/mol. The highest BCUT2D eigenvalue weighted by Crippen LogP contribution is 2.37. The summed E-state index contributed by atoms with van der Waals surface area (Å²) in [7, 11) is 0. The topological polar surface area (TPSA) is 48.7 Å². The maximum absolute atomic E-state index is 8.97. The first-order valence-corrected chi connectivity index (χ1v) is 6.21. The minimum Gasteiger partial charge on any atom is -0.309 e. The highest BCUT2D eigenvalue weighted by atomic mass is 14.9. The van der Waals surface area contributed by atoms with E-state index in [2.05, 4.69) is 30.2 Å². The third-order valence-corrected chi connectivity index (χ3v) is 3.79. The van der Waals surface area contributed by atoms with Gasteiger partial charge in [-0.15, -0.1) is 0 Å². The second kappa shape index (κ2) is 4.85. The molecule has 1 aliphatic carbocycles. The molecule has 2 rings (SSSR count). The first-order chi connectivity index (χ1) is 8.13. The van der Waals surface area contributed by atoms with Crippen LogP contribution in [0.5, 0.6) is 0 Å². The van der Waals surface area contributed by atoms with Crippen molar-refractivity contribution in [1.29, 1.82) is 5.26 Å². The van der Waals surface area contributed by atoms with E-state index in [1.54, 1.807) is 6.20 Å². The van der Waals surface area contributed by atoms with Crippen LogP contribution in [0.3, 0.4) is 0 Å². The van der Waals surface area contributed by atoms with E-state index in [0.717, 1.165) is 12.1 Å². The first-order valence-electron chi connectivity index (χ1n) is 6.21.